The molecule has 0 heterocycles. The molecule has 0 saturated carbocycles. The largest absolute Gasteiger partial charge is 0.573 e. The van der Waals surface area contributed by atoms with Gasteiger partial charge in [-0.15, -0.1) is 13.2 Å². The quantitative estimate of drug-likeness (QED) is 0.669. The summed E-state index contributed by atoms with van der Waals surface area (Å²) in [6, 6.07) is 2.34. The third kappa shape index (κ3) is 3.96. The fourth-order valence-corrected chi connectivity index (χ4v) is 1.12. The van der Waals surface area contributed by atoms with Gasteiger partial charge in [0, 0.05) is 13.0 Å². The lowest BCUT2D eigenvalue weighted by molar-refractivity contribution is -0.274. The van der Waals surface area contributed by atoms with Crippen LogP contribution in [0.5, 0.6) is 11.5 Å². The van der Waals surface area contributed by atoms with E-state index in [2.05, 4.69) is 9.47 Å². The Kier molecular flexibility index (Phi) is 3.79. The maximum absolute atomic E-state index is 11.9. The molecule has 0 aliphatic rings. The van der Waals surface area contributed by atoms with Gasteiger partial charge in [0.05, 0.1) is 0 Å². The standard InChI is InChI=1S/C10H7F3O5/c1-5(14)17-8-4-6(18-10(11,12)13)2-3-7(8)9(15)16/h2-4H,1H3,(H,15,16). The monoisotopic (exact) mass is 264 g/mol. The molecule has 1 aromatic carbocycles. The Balaban J connectivity index is 3.12. The topological polar surface area (TPSA) is 72.8 Å². The van der Waals surface area contributed by atoms with Gasteiger partial charge >= 0.3 is 18.3 Å². The van der Waals surface area contributed by atoms with Crippen molar-refractivity contribution in [3.8, 4) is 11.5 Å². The van der Waals surface area contributed by atoms with Crippen LogP contribution in [0.3, 0.4) is 0 Å². The maximum Gasteiger partial charge on any atom is 0.573 e. The molecule has 8 heteroatoms. The molecule has 0 atom stereocenters. The number of aromatic carboxylic acids is 1. The number of alkyl halides is 3. The van der Waals surface area contributed by atoms with Crippen LogP contribution in [0.4, 0.5) is 13.2 Å². The van der Waals surface area contributed by atoms with Crippen molar-refractivity contribution >= 4 is 11.9 Å². The summed E-state index contributed by atoms with van der Waals surface area (Å²) < 4.78 is 43.9. The zero-order valence-electron chi connectivity index (χ0n) is 8.95. The lowest BCUT2D eigenvalue weighted by Crippen LogP contribution is -2.17. The van der Waals surface area contributed by atoms with E-state index in [1.54, 1.807) is 0 Å². The van der Waals surface area contributed by atoms with Gasteiger partial charge in [-0.05, 0) is 12.1 Å². The van der Waals surface area contributed by atoms with E-state index in [0.717, 1.165) is 19.1 Å². The lowest BCUT2D eigenvalue weighted by atomic mass is 10.2. The van der Waals surface area contributed by atoms with Crippen LogP contribution < -0.4 is 9.47 Å². The van der Waals surface area contributed by atoms with Gasteiger partial charge in [-0.25, -0.2) is 4.79 Å². The van der Waals surface area contributed by atoms with Crippen LogP contribution in [0, 0.1) is 0 Å². The summed E-state index contributed by atoms with van der Waals surface area (Å²) in [7, 11) is 0. The van der Waals surface area contributed by atoms with Gasteiger partial charge in [0.2, 0.25) is 0 Å². The van der Waals surface area contributed by atoms with Gasteiger partial charge in [-0.1, -0.05) is 0 Å². The molecule has 0 radical (unpaired) electrons. The number of halogens is 3. The molecular formula is C10H7F3O5. The van der Waals surface area contributed by atoms with Gasteiger partial charge in [0.25, 0.3) is 0 Å². The summed E-state index contributed by atoms with van der Waals surface area (Å²) in [6.45, 7) is 0.989. The van der Waals surface area contributed by atoms with E-state index in [-0.39, 0.29) is 0 Å². The molecule has 0 aromatic heterocycles. The van der Waals surface area contributed by atoms with Crippen molar-refractivity contribution in [2.24, 2.45) is 0 Å². The molecule has 18 heavy (non-hydrogen) atoms. The number of carbonyl (C=O) groups excluding carboxylic acids is 1. The second kappa shape index (κ2) is 4.94. The fourth-order valence-electron chi connectivity index (χ4n) is 1.12. The molecule has 98 valence electrons. The SMILES string of the molecule is CC(=O)Oc1cc(OC(F)(F)F)ccc1C(=O)O. The predicted octanol–water partition coefficient (Wildman–Crippen LogP) is 2.21. The van der Waals surface area contributed by atoms with Gasteiger partial charge in [-0.2, -0.15) is 0 Å². The van der Waals surface area contributed by atoms with Crippen molar-refractivity contribution < 1.29 is 37.3 Å². The molecule has 5 nitrogen and oxygen atoms in total. The highest BCUT2D eigenvalue weighted by Gasteiger charge is 2.31. The number of hydrogen-bond acceptors (Lipinski definition) is 4. The molecule has 1 aromatic rings. The first-order valence-electron chi connectivity index (χ1n) is 4.50. The summed E-state index contributed by atoms with van der Waals surface area (Å²) in [5, 5.41) is 8.75. The van der Waals surface area contributed by atoms with Crippen LogP contribution in [0.2, 0.25) is 0 Å². The molecule has 1 N–H and O–H groups in total. The third-order valence-electron chi connectivity index (χ3n) is 1.67. The molecule has 0 bridgehead atoms. The predicted molar refractivity (Wildman–Crippen MR) is 51.4 cm³/mol. The number of rotatable bonds is 3. The number of ether oxygens (including phenoxy) is 2. The van der Waals surface area contributed by atoms with E-state index in [1.807, 2.05) is 0 Å². The number of esters is 1. The molecule has 0 unspecified atom stereocenters. The number of hydrogen-bond donors (Lipinski definition) is 1. The zero-order chi connectivity index (χ0) is 13.9. The van der Waals surface area contributed by atoms with E-state index >= 15 is 0 Å². The summed E-state index contributed by atoms with van der Waals surface area (Å²) >= 11 is 0. The molecule has 0 fully saturated rings. The highest BCUT2D eigenvalue weighted by Crippen LogP contribution is 2.29. The van der Waals surface area contributed by atoms with Crippen molar-refractivity contribution in [2.45, 2.75) is 13.3 Å². The lowest BCUT2D eigenvalue weighted by Gasteiger charge is -2.11. The Morgan fingerprint density at radius 1 is 1.28 bits per heavy atom. The normalized spacial score (nSPS) is 10.9. The molecule has 1 rings (SSSR count). The Labute approximate surface area is 98.7 Å². The van der Waals surface area contributed by atoms with E-state index in [0.29, 0.717) is 6.07 Å². The highest BCUT2D eigenvalue weighted by molar-refractivity contribution is 5.92. The first-order chi connectivity index (χ1) is 8.19. The van der Waals surface area contributed by atoms with E-state index < -0.39 is 35.4 Å². The summed E-state index contributed by atoms with van der Waals surface area (Å²) in [4.78, 5) is 21.5. The van der Waals surface area contributed by atoms with Crippen LogP contribution in [0.1, 0.15) is 17.3 Å². The molecule has 0 saturated heterocycles. The number of carboxylic acid groups (broad SMARTS) is 1. The van der Waals surface area contributed by atoms with Crippen LogP contribution in [0.15, 0.2) is 18.2 Å². The van der Waals surface area contributed by atoms with Gasteiger partial charge in [0.1, 0.15) is 17.1 Å². The van der Waals surface area contributed by atoms with E-state index in [1.165, 1.54) is 0 Å². The van der Waals surface area contributed by atoms with Gasteiger partial charge in [0.15, 0.2) is 0 Å². The average molecular weight is 264 g/mol. The Morgan fingerprint density at radius 2 is 1.89 bits per heavy atom. The average Bonchev–Trinajstić information content (AvgIpc) is 2.13. The van der Waals surface area contributed by atoms with E-state index in [4.69, 9.17) is 5.11 Å². The Bertz CT molecular complexity index is 481. The highest BCUT2D eigenvalue weighted by atomic mass is 19.4. The van der Waals surface area contributed by atoms with Crippen molar-refractivity contribution in [2.75, 3.05) is 0 Å². The van der Waals surface area contributed by atoms with Crippen LogP contribution in [-0.2, 0) is 4.79 Å². The number of benzene rings is 1. The first kappa shape index (κ1) is 13.8. The minimum absolute atomic E-state index is 0.445. The van der Waals surface area contributed by atoms with Crippen molar-refractivity contribution in [1.82, 2.24) is 0 Å². The minimum Gasteiger partial charge on any atom is -0.478 e. The molecule has 0 amide bonds. The number of carbonyl (C=O) groups is 2. The Hall–Kier alpha value is -2.25. The van der Waals surface area contributed by atoms with Gasteiger partial charge < -0.3 is 14.6 Å². The summed E-state index contributed by atoms with van der Waals surface area (Å²) in [6.07, 6.45) is -4.92. The summed E-state index contributed by atoms with van der Waals surface area (Å²) in [5.74, 6) is -3.49. The smallest absolute Gasteiger partial charge is 0.478 e. The van der Waals surface area contributed by atoms with Crippen molar-refractivity contribution in [3.63, 3.8) is 0 Å². The van der Waals surface area contributed by atoms with Crippen molar-refractivity contribution in [1.29, 1.82) is 0 Å². The minimum atomic E-state index is -4.92. The molecular weight excluding hydrogens is 257 g/mol. The molecule has 0 aliphatic heterocycles. The zero-order valence-corrected chi connectivity index (χ0v) is 8.95. The van der Waals surface area contributed by atoms with Crippen LogP contribution in [-0.4, -0.2) is 23.4 Å². The molecule has 0 aliphatic carbocycles. The first-order valence-corrected chi connectivity index (χ1v) is 4.50. The maximum atomic E-state index is 11.9. The second-order valence-electron chi connectivity index (χ2n) is 3.10. The Morgan fingerprint density at radius 3 is 2.33 bits per heavy atom. The van der Waals surface area contributed by atoms with Gasteiger partial charge in [-0.3, -0.25) is 4.79 Å². The fraction of sp³-hybridized carbons (Fsp3) is 0.200. The summed E-state index contributed by atoms with van der Waals surface area (Å²) in [5.41, 5.74) is -0.445. The second-order valence-corrected chi connectivity index (χ2v) is 3.10. The van der Waals surface area contributed by atoms with Crippen LogP contribution in [0.25, 0.3) is 0 Å². The van der Waals surface area contributed by atoms with Crippen LogP contribution >= 0.6 is 0 Å². The van der Waals surface area contributed by atoms with Crippen molar-refractivity contribution in [3.05, 3.63) is 23.8 Å². The van der Waals surface area contributed by atoms with E-state index in [9.17, 15) is 22.8 Å². The molecule has 0 spiro atoms. The number of carboxylic acids is 1. The third-order valence-corrected chi connectivity index (χ3v) is 1.67.